The standard InChI is InChI=1S/C15H16N2O.ClH/c16-10-15-14-9-13(11-3-6-17-7-4-11)2-1-12(14)5-8-18-15;/h1-4,6-7,9,15H,5,8,10,16H2;1H/t15-;/m0./s1. The summed E-state index contributed by atoms with van der Waals surface area (Å²) in [4.78, 5) is 4.04. The second-order valence-corrected chi connectivity index (χ2v) is 4.49. The fourth-order valence-corrected chi connectivity index (χ4v) is 2.44. The summed E-state index contributed by atoms with van der Waals surface area (Å²) in [5.74, 6) is 0. The topological polar surface area (TPSA) is 48.1 Å². The van der Waals surface area contributed by atoms with Gasteiger partial charge in [0.25, 0.3) is 0 Å². The lowest BCUT2D eigenvalue weighted by Crippen LogP contribution is -2.23. The van der Waals surface area contributed by atoms with E-state index in [-0.39, 0.29) is 18.5 Å². The molecule has 2 N–H and O–H groups in total. The van der Waals surface area contributed by atoms with E-state index in [9.17, 15) is 0 Å². The zero-order valence-electron chi connectivity index (χ0n) is 10.6. The van der Waals surface area contributed by atoms with Gasteiger partial charge in [-0.2, -0.15) is 0 Å². The Morgan fingerprint density at radius 3 is 2.68 bits per heavy atom. The summed E-state index contributed by atoms with van der Waals surface area (Å²) < 4.78 is 5.71. The van der Waals surface area contributed by atoms with Crippen molar-refractivity contribution in [2.45, 2.75) is 12.5 Å². The van der Waals surface area contributed by atoms with Gasteiger partial charge in [0.15, 0.2) is 0 Å². The lowest BCUT2D eigenvalue weighted by molar-refractivity contribution is 0.0485. The predicted octanol–water partition coefficient (Wildman–Crippen LogP) is 2.74. The van der Waals surface area contributed by atoms with E-state index in [0.717, 1.165) is 13.0 Å². The molecule has 0 saturated heterocycles. The van der Waals surface area contributed by atoms with E-state index in [1.54, 1.807) is 0 Å². The van der Waals surface area contributed by atoms with Gasteiger partial charge in [-0.25, -0.2) is 0 Å². The smallest absolute Gasteiger partial charge is 0.0950 e. The minimum absolute atomic E-state index is 0. The fourth-order valence-electron chi connectivity index (χ4n) is 2.44. The number of ether oxygens (including phenoxy) is 1. The molecule has 3 rings (SSSR count). The van der Waals surface area contributed by atoms with E-state index >= 15 is 0 Å². The van der Waals surface area contributed by atoms with Gasteiger partial charge >= 0.3 is 0 Å². The van der Waals surface area contributed by atoms with Gasteiger partial charge in [0.2, 0.25) is 0 Å². The molecular weight excluding hydrogens is 260 g/mol. The highest BCUT2D eigenvalue weighted by Crippen LogP contribution is 2.30. The number of aromatic nitrogens is 1. The average Bonchev–Trinajstić information content (AvgIpc) is 2.47. The average molecular weight is 277 g/mol. The van der Waals surface area contributed by atoms with Crippen LogP contribution in [0.1, 0.15) is 17.2 Å². The maximum atomic E-state index is 5.77. The molecule has 0 bridgehead atoms. The molecular formula is C15H17ClN2O. The first-order valence-electron chi connectivity index (χ1n) is 6.23. The van der Waals surface area contributed by atoms with Gasteiger partial charge in [0.1, 0.15) is 0 Å². The second kappa shape index (κ2) is 6.15. The lowest BCUT2D eigenvalue weighted by Gasteiger charge is -2.25. The maximum Gasteiger partial charge on any atom is 0.0950 e. The van der Waals surface area contributed by atoms with E-state index in [1.165, 1.54) is 22.3 Å². The van der Waals surface area contributed by atoms with E-state index in [0.29, 0.717) is 6.54 Å². The van der Waals surface area contributed by atoms with Gasteiger partial charge in [-0.3, -0.25) is 4.98 Å². The van der Waals surface area contributed by atoms with Crippen molar-refractivity contribution in [3.05, 3.63) is 53.9 Å². The SMILES string of the molecule is Cl.NC[C@@H]1OCCc2ccc(-c3ccncc3)cc21. The van der Waals surface area contributed by atoms with Gasteiger partial charge in [-0.1, -0.05) is 12.1 Å². The maximum absolute atomic E-state index is 5.77. The van der Waals surface area contributed by atoms with Crippen LogP contribution in [0.15, 0.2) is 42.7 Å². The summed E-state index contributed by atoms with van der Waals surface area (Å²) in [5, 5.41) is 0. The fraction of sp³-hybridized carbons (Fsp3) is 0.267. The van der Waals surface area contributed by atoms with E-state index < -0.39 is 0 Å². The Hall–Kier alpha value is -1.42. The Bertz CT molecular complexity index is 545. The molecule has 2 heterocycles. The molecule has 0 saturated carbocycles. The first kappa shape index (κ1) is 14.0. The molecule has 1 aliphatic rings. The van der Waals surface area contributed by atoms with Crippen LogP contribution in [0.3, 0.4) is 0 Å². The number of pyridine rings is 1. The highest BCUT2D eigenvalue weighted by Gasteiger charge is 2.19. The molecule has 100 valence electrons. The summed E-state index contributed by atoms with van der Waals surface area (Å²) >= 11 is 0. The first-order chi connectivity index (χ1) is 8.88. The number of rotatable bonds is 2. The number of benzene rings is 1. The van der Waals surface area contributed by atoms with E-state index in [4.69, 9.17) is 10.5 Å². The minimum Gasteiger partial charge on any atom is -0.372 e. The summed E-state index contributed by atoms with van der Waals surface area (Å²) in [6, 6.07) is 10.6. The Labute approximate surface area is 119 Å². The lowest BCUT2D eigenvalue weighted by atomic mass is 9.93. The third-order valence-electron chi connectivity index (χ3n) is 3.41. The molecule has 3 nitrogen and oxygen atoms in total. The van der Waals surface area contributed by atoms with Crippen molar-refractivity contribution in [1.29, 1.82) is 0 Å². The number of hydrogen-bond acceptors (Lipinski definition) is 3. The molecule has 0 aliphatic carbocycles. The van der Waals surface area contributed by atoms with Crippen LogP contribution >= 0.6 is 12.4 Å². The largest absolute Gasteiger partial charge is 0.372 e. The van der Waals surface area contributed by atoms with E-state index in [2.05, 4.69) is 23.2 Å². The first-order valence-corrected chi connectivity index (χ1v) is 6.23. The summed E-state index contributed by atoms with van der Waals surface area (Å²) in [7, 11) is 0. The van der Waals surface area contributed by atoms with Crippen LogP contribution in [0.2, 0.25) is 0 Å². The number of nitrogens with zero attached hydrogens (tertiary/aromatic N) is 1. The molecule has 1 aromatic carbocycles. The Balaban J connectivity index is 0.00000133. The molecule has 0 fully saturated rings. The van der Waals surface area contributed by atoms with Crippen molar-refractivity contribution >= 4 is 12.4 Å². The van der Waals surface area contributed by atoms with Crippen LogP contribution in [0, 0.1) is 0 Å². The van der Waals surface area contributed by atoms with E-state index in [1.807, 2.05) is 24.5 Å². The van der Waals surface area contributed by atoms with Crippen molar-refractivity contribution in [2.24, 2.45) is 5.73 Å². The summed E-state index contributed by atoms with van der Waals surface area (Å²) in [5.41, 5.74) is 10.7. The molecule has 0 spiro atoms. The molecule has 1 atom stereocenters. The van der Waals surface area contributed by atoms with Crippen molar-refractivity contribution in [1.82, 2.24) is 4.98 Å². The number of halogens is 1. The zero-order chi connectivity index (χ0) is 12.4. The zero-order valence-corrected chi connectivity index (χ0v) is 11.4. The van der Waals surface area contributed by atoms with Gasteiger partial charge in [0.05, 0.1) is 12.7 Å². The number of fused-ring (bicyclic) bond motifs is 1. The molecule has 1 aromatic heterocycles. The monoisotopic (exact) mass is 276 g/mol. The summed E-state index contributed by atoms with van der Waals surface area (Å²) in [6.07, 6.45) is 4.63. The molecule has 1 aliphatic heterocycles. The van der Waals surface area contributed by atoms with Crippen LogP contribution in [0.5, 0.6) is 0 Å². The molecule has 0 amide bonds. The Kier molecular flexibility index (Phi) is 4.53. The van der Waals surface area contributed by atoms with Crippen LogP contribution in [0.4, 0.5) is 0 Å². The van der Waals surface area contributed by atoms with Crippen molar-refractivity contribution < 1.29 is 4.74 Å². The highest BCUT2D eigenvalue weighted by atomic mass is 35.5. The number of hydrogen-bond donors (Lipinski definition) is 1. The predicted molar refractivity (Wildman–Crippen MR) is 78.4 cm³/mol. The molecule has 4 heteroatoms. The van der Waals surface area contributed by atoms with Gasteiger partial charge in [-0.15, -0.1) is 12.4 Å². The van der Waals surface area contributed by atoms with Crippen LogP contribution in [-0.4, -0.2) is 18.1 Å². The molecule has 0 unspecified atom stereocenters. The second-order valence-electron chi connectivity index (χ2n) is 4.49. The van der Waals surface area contributed by atoms with Gasteiger partial charge in [-0.05, 0) is 46.9 Å². The third-order valence-corrected chi connectivity index (χ3v) is 3.41. The summed E-state index contributed by atoms with van der Waals surface area (Å²) in [6.45, 7) is 1.30. The Morgan fingerprint density at radius 1 is 1.16 bits per heavy atom. The Morgan fingerprint density at radius 2 is 1.95 bits per heavy atom. The van der Waals surface area contributed by atoms with Crippen LogP contribution in [-0.2, 0) is 11.2 Å². The van der Waals surface area contributed by atoms with Crippen molar-refractivity contribution in [2.75, 3.05) is 13.2 Å². The van der Waals surface area contributed by atoms with Crippen molar-refractivity contribution in [3.63, 3.8) is 0 Å². The molecule has 19 heavy (non-hydrogen) atoms. The third kappa shape index (κ3) is 2.78. The quantitative estimate of drug-likeness (QED) is 0.917. The molecule has 2 aromatic rings. The van der Waals surface area contributed by atoms with Crippen LogP contribution < -0.4 is 5.73 Å². The molecule has 0 radical (unpaired) electrons. The normalized spacial score (nSPS) is 17.4. The van der Waals surface area contributed by atoms with Crippen LogP contribution in [0.25, 0.3) is 11.1 Å². The van der Waals surface area contributed by atoms with Gasteiger partial charge < -0.3 is 10.5 Å². The minimum atomic E-state index is 0. The number of nitrogens with two attached hydrogens (primary N) is 1. The van der Waals surface area contributed by atoms with Crippen molar-refractivity contribution in [3.8, 4) is 11.1 Å². The van der Waals surface area contributed by atoms with Gasteiger partial charge in [0, 0.05) is 18.9 Å². The highest BCUT2D eigenvalue weighted by molar-refractivity contribution is 5.85.